The van der Waals surface area contributed by atoms with Gasteiger partial charge in [0.1, 0.15) is 5.75 Å². The number of anilines is 2. The Morgan fingerprint density at radius 3 is 2.55 bits per heavy atom. The van der Waals surface area contributed by atoms with Crippen molar-refractivity contribution >= 4 is 11.4 Å². The lowest BCUT2D eigenvalue weighted by atomic mass is 10.1. The highest BCUT2D eigenvalue weighted by molar-refractivity contribution is 5.71. The van der Waals surface area contributed by atoms with Gasteiger partial charge in [0.2, 0.25) is 0 Å². The molecule has 1 saturated heterocycles. The van der Waals surface area contributed by atoms with Gasteiger partial charge in [0.15, 0.2) is 0 Å². The SMILES string of the molecule is COc1cc2c(cc1N1CC(C)N(C)C(C)C1)NCC2. The topological polar surface area (TPSA) is 27.7 Å². The van der Waals surface area contributed by atoms with E-state index in [1.807, 2.05) is 0 Å². The number of fused-ring (bicyclic) bond motifs is 1. The van der Waals surface area contributed by atoms with E-state index in [0.29, 0.717) is 12.1 Å². The van der Waals surface area contributed by atoms with Crippen LogP contribution < -0.4 is 15.0 Å². The van der Waals surface area contributed by atoms with Gasteiger partial charge in [-0.2, -0.15) is 0 Å². The molecule has 1 aromatic carbocycles. The molecule has 20 heavy (non-hydrogen) atoms. The molecule has 3 rings (SSSR count). The first-order chi connectivity index (χ1) is 9.60. The van der Waals surface area contributed by atoms with Crippen molar-refractivity contribution in [2.24, 2.45) is 0 Å². The van der Waals surface area contributed by atoms with Gasteiger partial charge >= 0.3 is 0 Å². The molecule has 4 heteroatoms. The maximum absolute atomic E-state index is 5.64. The standard InChI is InChI=1S/C16H25N3O/c1-11-9-19(10-12(2)18(11)3)15-8-14-13(5-6-17-14)7-16(15)20-4/h7-8,11-12,17H,5-6,9-10H2,1-4H3. The van der Waals surface area contributed by atoms with Gasteiger partial charge in [-0.15, -0.1) is 0 Å². The van der Waals surface area contributed by atoms with Gasteiger partial charge in [-0.1, -0.05) is 0 Å². The summed E-state index contributed by atoms with van der Waals surface area (Å²) in [6.07, 6.45) is 1.10. The van der Waals surface area contributed by atoms with Crippen LogP contribution in [0.1, 0.15) is 19.4 Å². The fourth-order valence-corrected chi connectivity index (χ4v) is 3.33. The number of nitrogens with zero attached hydrogens (tertiary/aromatic N) is 2. The average Bonchev–Trinajstić information content (AvgIpc) is 2.89. The molecule has 0 bridgehead atoms. The molecule has 1 aromatic rings. The largest absolute Gasteiger partial charge is 0.495 e. The van der Waals surface area contributed by atoms with Gasteiger partial charge < -0.3 is 15.0 Å². The first-order valence-corrected chi connectivity index (χ1v) is 7.52. The van der Waals surface area contributed by atoms with Gasteiger partial charge in [-0.05, 0) is 45.0 Å². The lowest BCUT2D eigenvalue weighted by Gasteiger charge is -2.43. The second-order valence-electron chi connectivity index (χ2n) is 6.13. The molecular weight excluding hydrogens is 250 g/mol. The zero-order chi connectivity index (χ0) is 14.3. The lowest BCUT2D eigenvalue weighted by molar-refractivity contribution is 0.169. The lowest BCUT2D eigenvalue weighted by Crippen LogP contribution is -2.55. The van der Waals surface area contributed by atoms with Crippen LogP contribution in [0.5, 0.6) is 5.75 Å². The van der Waals surface area contributed by atoms with Crippen LogP contribution in [0.15, 0.2) is 12.1 Å². The van der Waals surface area contributed by atoms with Crippen LogP contribution in [-0.4, -0.2) is 50.8 Å². The summed E-state index contributed by atoms with van der Waals surface area (Å²) in [6, 6.07) is 5.60. The van der Waals surface area contributed by atoms with Crippen LogP contribution >= 0.6 is 0 Å². The molecule has 2 heterocycles. The van der Waals surface area contributed by atoms with Gasteiger partial charge in [-0.25, -0.2) is 0 Å². The summed E-state index contributed by atoms with van der Waals surface area (Å²) < 4.78 is 5.64. The maximum atomic E-state index is 5.64. The Morgan fingerprint density at radius 1 is 1.20 bits per heavy atom. The van der Waals surface area contributed by atoms with Crippen molar-refractivity contribution in [2.75, 3.05) is 44.0 Å². The Hall–Kier alpha value is -1.42. The Bertz CT molecular complexity index is 491. The molecule has 0 aliphatic carbocycles. The Kier molecular flexibility index (Phi) is 3.50. The number of methoxy groups -OCH3 is 1. The summed E-state index contributed by atoms with van der Waals surface area (Å²) in [7, 11) is 3.99. The highest BCUT2D eigenvalue weighted by Gasteiger charge is 2.29. The fraction of sp³-hybridized carbons (Fsp3) is 0.625. The summed E-state index contributed by atoms with van der Waals surface area (Å²) in [4.78, 5) is 4.92. The normalized spacial score (nSPS) is 26.3. The number of hydrogen-bond acceptors (Lipinski definition) is 4. The minimum absolute atomic E-state index is 0.560. The predicted molar refractivity (Wildman–Crippen MR) is 84.1 cm³/mol. The Labute approximate surface area is 121 Å². The van der Waals surface area contributed by atoms with Crippen LogP contribution in [0.25, 0.3) is 0 Å². The molecule has 0 amide bonds. The highest BCUT2D eigenvalue weighted by atomic mass is 16.5. The maximum Gasteiger partial charge on any atom is 0.142 e. The highest BCUT2D eigenvalue weighted by Crippen LogP contribution is 2.37. The van der Waals surface area contributed by atoms with E-state index in [0.717, 1.165) is 31.8 Å². The quantitative estimate of drug-likeness (QED) is 0.895. The number of nitrogens with one attached hydrogen (secondary N) is 1. The summed E-state index contributed by atoms with van der Waals surface area (Å²) in [5.74, 6) is 1.01. The minimum atomic E-state index is 0.560. The molecule has 2 aliphatic heterocycles. The summed E-state index contributed by atoms with van der Waals surface area (Å²) in [5.41, 5.74) is 3.88. The number of hydrogen-bond donors (Lipinski definition) is 1. The first-order valence-electron chi connectivity index (χ1n) is 7.52. The van der Waals surface area contributed by atoms with E-state index in [9.17, 15) is 0 Å². The second kappa shape index (κ2) is 5.17. The molecule has 1 fully saturated rings. The van der Waals surface area contributed by atoms with Crippen molar-refractivity contribution in [3.63, 3.8) is 0 Å². The van der Waals surface area contributed by atoms with E-state index in [4.69, 9.17) is 4.74 Å². The molecule has 0 aromatic heterocycles. The predicted octanol–water partition coefficient (Wildman–Crippen LogP) is 2.19. The molecule has 2 aliphatic rings. The van der Waals surface area contributed by atoms with Crippen molar-refractivity contribution in [1.29, 1.82) is 0 Å². The first kappa shape index (κ1) is 13.6. The second-order valence-corrected chi connectivity index (χ2v) is 6.13. The van der Waals surface area contributed by atoms with E-state index in [-0.39, 0.29) is 0 Å². The van der Waals surface area contributed by atoms with E-state index in [1.165, 1.54) is 16.9 Å². The van der Waals surface area contributed by atoms with E-state index in [2.05, 4.69) is 48.1 Å². The Morgan fingerprint density at radius 2 is 1.90 bits per heavy atom. The van der Waals surface area contributed by atoms with Gasteiger partial charge in [0.05, 0.1) is 12.8 Å². The number of benzene rings is 1. The molecule has 0 spiro atoms. The third-order valence-electron chi connectivity index (χ3n) is 4.81. The molecule has 4 nitrogen and oxygen atoms in total. The van der Waals surface area contributed by atoms with Crippen molar-refractivity contribution in [2.45, 2.75) is 32.4 Å². The molecule has 2 unspecified atom stereocenters. The van der Waals surface area contributed by atoms with Gasteiger partial charge in [0, 0.05) is 37.4 Å². The number of likely N-dealkylation sites (N-methyl/N-ethyl adjacent to an activating group) is 1. The molecule has 0 radical (unpaired) electrons. The monoisotopic (exact) mass is 275 g/mol. The summed E-state index contributed by atoms with van der Waals surface area (Å²) >= 11 is 0. The zero-order valence-electron chi connectivity index (χ0n) is 12.9. The molecule has 1 N–H and O–H groups in total. The van der Waals surface area contributed by atoms with Crippen molar-refractivity contribution in [1.82, 2.24) is 4.90 Å². The zero-order valence-corrected chi connectivity index (χ0v) is 12.9. The van der Waals surface area contributed by atoms with Crippen LogP contribution in [0.3, 0.4) is 0 Å². The molecular formula is C16H25N3O. The number of ether oxygens (including phenoxy) is 1. The van der Waals surface area contributed by atoms with Crippen molar-refractivity contribution in [3.8, 4) is 5.75 Å². The molecule has 110 valence electrons. The van der Waals surface area contributed by atoms with Crippen molar-refractivity contribution in [3.05, 3.63) is 17.7 Å². The van der Waals surface area contributed by atoms with Crippen molar-refractivity contribution < 1.29 is 4.74 Å². The van der Waals surface area contributed by atoms with E-state index in [1.54, 1.807) is 7.11 Å². The van der Waals surface area contributed by atoms with Crippen LogP contribution in [0.4, 0.5) is 11.4 Å². The van der Waals surface area contributed by atoms with Crippen LogP contribution in [-0.2, 0) is 6.42 Å². The smallest absolute Gasteiger partial charge is 0.142 e. The average molecular weight is 275 g/mol. The minimum Gasteiger partial charge on any atom is -0.495 e. The van der Waals surface area contributed by atoms with Gasteiger partial charge in [-0.3, -0.25) is 4.90 Å². The fourth-order valence-electron chi connectivity index (χ4n) is 3.33. The third kappa shape index (κ3) is 2.22. The Balaban J connectivity index is 1.93. The summed E-state index contributed by atoms with van der Waals surface area (Å²) in [6.45, 7) is 7.73. The van der Waals surface area contributed by atoms with Gasteiger partial charge in [0.25, 0.3) is 0 Å². The van der Waals surface area contributed by atoms with Crippen LogP contribution in [0.2, 0.25) is 0 Å². The van der Waals surface area contributed by atoms with E-state index >= 15 is 0 Å². The third-order valence-corrected chi connectivity index (χ3v) is 4.81. The van der Waals surface area contributed by atoms with Crippen LogP contribution in [0, 0.1) is 0 Å². The molecule has 0 saturated carbocycles. The summed E-state index contributed by atoms with van der Waals surface area (Å²) in [5, 5.41) is 3.47. The molecule has 2 atom stereocenters. The van der Waals surface area contributed by atoms with E-state index < -0.39 is 0 Å². The number of piperazine rings is 1. The number of rotatable bonds is 2.